The third kappa shape index (κ3) is 4.26. The summed E-state index contributed by atoms with van der Waals surface area (Å²) >= 11 is 0. The molecule has 3 aromatic rings. The Balaban J connectivity index is 1.52. The highest BCUT2D eigenvalue weighted by Crippen LogP contribution is 2.25. The summed E-state index contributed by atoms with van der Waals surface area (Å²) in [7, 11) is 0. The van der Waals surface area contributed by atoms with Crippen LogP contribution >= 0.6 is 0 Å². The van der Waals surface area contributed by atoms with E-state index in [2.05, 4.69) is 25.2 Å². The van der Waals surface area contributed by atoms with E-state index in [9.17, 15) is 0 Å². The minimum atomic E-state index is -0.134. The second kappa shape index (κ2) is 7.90. The van der Waals surface area contributed by atoms with Crippen molar-refractivity contribution in [2.45, 2.75) is 26.9 Å². The second-order valence-electron chi connectivity index (χ2n) is 6.99. The number of hydrogen-bond acceptors (Lipinski definition) is 7. The number of nitrogens with zero attached hydrogens (tertiary/aromatic N) is 5. The highest BCUT2D eigenvalue weighted by molar-refractivity contribution is 5.52. The number of anilines is 3. The molecule has 1 fully saturated rings. The zero-order chi connectivity index (χ0) is 19.5. The van der Waals surface area contributed by atoms with Crippen LogP contribution in [0.15, 0.2) is 42.5 Å². The number of pyridine rings is 2. The van der Waals surface area contributed by atoms with Gasteiger partial charge in [-0.2, -0.15) is 0 Å². The molecule has 1 aliphatic rings. The number of aryl methyl sites for hydroxylation is 3. The minimum Gasteiger partial charge on any atom is -0.368 e. The van der Waals surface area contributed by atoms with Crippen molar-refractivity contribution in [1.29, 1.82) is 0 Å². The van der Waals surface area contributed by atoms with E-state index in [1.165, 1.54) is 0 Å². The number of ether oxygens (including phenoxy) is 1. The van der Waals surface area contributed by atoms with E-state index in [1.54, 1.807) is 0 Å². The lowest BCUT2D eigenvalue weighted by Gasteiger charge is -2.33. The van der Waals surface area contributed by atoms with Crippen LogP contribution in [0.2, 0.25) is 0 Å². The van der Waals surface area contributed by atoms with Gasteiger partial charge in [-0.25, -0.2) is 19.9 Å². The Labute approximate surface area is 164 Å². The van der Waals surface area contributed by atoms with Crippen molar-refractivity contribution in [1.82, 2.24) is 19.9 Å². The van der Waals surface area contributed by atoms with Gasteiger partial charge in [0, 0.05) is 23.6 Å². The molecule has 0 bridgehead atoms. The third-order valence-corrected chi connectivity index (χ3v) is 4.56. The van der Waals surface area contributed by atoms with Gasteiger partial charge in [0.1, 0.15) is 17.7 Å². The fraction of sp³-hybridized carbons (Fsp3) is 0.333. The summed E-state index contributed by atoms with van der Waals surface area (Å²) in [6.45, 7) is 8.00. The lowest BCUT2D eigenvalue weighted by atomic mass is 10.2. The molecule has 0 saturated carbocycles. The first kappa shape index (κ1) is 18.3. The van der Waals surface area contributed by atoms with Gasteiger partial charge in [0.05, 0.1) is 18.8 Å². The average Bonchev–Trinajstić information content (AvgIpc) is 2.68. The van der Waals surface area contributed by atoms with E-state index in [0.717, 1.165) is 46.9 Å². The Morgan fingerprint density at radius 1 is 0.893 bits per heavy atom. The van der Waals surface area contributed by atoms with Gasteiger partial charge in [-0.1, -0.05) is 12.1 Å². The Kier molecular flexibility index (Phi) is 5.16. The van der Waals surface area contributed by atoms with Crippen LogP contribution in [0.5, 0.6) is 0 Å². The summed E-state index contributed by atoms with van der Waals surface area (Å²) < 4.78 is 6.00. The molecular formula is C21H24N6O. The number of nitrogens with one attached hydrogen (secondary N) is 1. The quantitative estimate of drug-likeness (QED) is 0.747. The topological polar surface area (TPSA) is 76.1 Å². The molecule has 4 rings (SSSR count). The van der Waals surface area contributed by atoms with Gasteiger partial charge in [-0.05, 0) is 51.1 Å². The van der Waals surface area contributed by atoms with Gasteiger partial charge in [-0.15, -0.1) is 0 Å². The van der Waals surface area contributed by atoms with Crippen LogP contribution in [0.4, 0.5) is 17.6 Å². The normalized spacial score (nSPS) is 16.8. The Morgan fingerprint density at radius 3 is 2.36 bits per heavy atom. The molecule has 7 nitrogen and oxygen atoms in total. The molecule has 1 unspecified atom stereocenters. The molecule has 0 aromatic carbocycles. The molecule has 144 valence electrons. The predicted octanol–water partition coefficient (Wildman–Crippen LogP) is 3.51. The van der Waals surface area contributed by atoms with Gasteiger partial charge in [0.25, 0.3) is 0 Å². The maximum absolute atomic E-state index is 6.00. The monoisotopic (exact) mass is 376 g/mol. The largest absolute Gasteiger partial charge is 0.368 e. The van der Waals surface area contributed by atoms with Crippen molar-refractivity contribution in [3.05, 3.63) is 65.2 Å². The van der Waals surface area contributed by atoms with Crippen LogP contribution in [-0.2, 0) is 4.74 Å². The standard InChI is InChI=1S/C21H24N6O/c1-14-6-4-8-19(22-14)26-20-9-5-7-17(25-20)18-13-27(10-11-28-18)21-23-15(2)12-16(3)24-21/h4-9,12,18H,10-11,13H2,1-3H3,(H,22,25,26). The van der Waals surface area contributed by atoms with Crippen LogP contribution < -0.4 is 10.2 Å². The molecule has 3 aromatic heterocycles. The van der Waals surface area contributed by atoms with Crippen LogP contribution in [0, 0.1) is 20.8 Å². The smallest absolute Gasteiger partial charge is 0.225 e. The molecule has 0 amide bonds. The summed E-state index contributed by atoms with van der Waals surface area (Å²) in [6, 6.07) is 13.8. The summed E-state index contributed by atoms with van der Waals surface area (Å²) in [5, 5.41) is 3.27. The van der Waals surface area contributed by atoms with Crippen LogP contribution in [-0.4, -0.2) is 39.6 Å². The van der Waals surface area contributed by atoms with E-state index >= 15 is 0 Å². The maximum atomic E-state index is 6.00. The van der Waals surface area contributed by atoms with Crippen molar-refractivity contribution in [3.8, 4) is 0 Å². The number of hydrogen-bond donors (Lipinski definition) is 1. The molecule has 0 radical (unpaired) electrons. The average molecular weight is 376 g/mol. The van der Waals surface area contributed by atoms with Crippen LogP contribution in [0.3, 0.4) is 0 Å². The van der Waals surface area contributed by atoms with Crippen molar-refractivity contribution >= 4 is 17.6 Å². The van der Waals surface area contributed by atoms with Gasteiger partial charge >= 0.3 is 0 Å². The summed E-state index contributed by atoms with van der Waals surface area (Å²) in [4.78, 5) is 20.5. The number of aromatic nitrogens is 4. The molecule has 1 atom stereocenters. The van der Waals surface area contributed by atoms with E-state index in [4.69, 9.17) is 9.72 Å². The molecule has 1 N–H and O–H groups in total. The second-order valence-corrected chi connectivity index (χ2v) is 6.99. The molecule has 4 heterocycles. The van der Waals surface area contributed by atoms with E-state index < -0.39 is 0 Å². The zero-order valence-corrected chi connectivity index (χ0v) is 16.4. The first-order valence-corrected chi connectivity index (χ1v) is 9.43. The number of rotatable bonds is 4. The predicted molar refractivity (Wildman–Crippen MR) is 109 cm³/mol. The lowest BCUT2D eigenvalue weighted by molar-refractivity contribution is 0.0365. The lowest BCUT2D eigenvalue weighted by Crippen LogP contribution is -2.39. The summed E-state index contributed by atoms with van der Waals surface area (Å²) in [6.07, 6.45) is -0.134. The first-order chi connectivity index (χ1) is 13.6. The fourth-order valence-electron chi connectivity index (χ4n) is 3.30. The Bertz CT molecular complexity index is 956. The van der Waals surface area contributed by atoms with Crippen molar-refractivity contribution in [2.75, 3.05) is 29.9 Å². The molecule has 0 spiro atoms. The SMILES string of the molecule is Cc1cccc(Nc2cccc(C3CN(c4nc(C)cc(C)n4)CCO3)n2)n1. The van der Waals surface area contributed by atoms with Crippen LogP contribution in [0.1, 0.15) is 28.9 Å². The third-order valence-electron chi connectivity index (χ3n) is 4.56. The number of morpholine rings is 1. The summed E-state index contributed by atoms with van der Waals surface area (Å²) in [5.74, 6) is 2.28. The molecule has 7 heteroatoms. The summed E-state index contributed by atoms with van der Waals surface area (Å²) in [5.41, 5.74) is 3.79. The molecular weight excluding hydrogens is 352 g/mol. The molecule has 28 heavy (non-hydrogen) atoms. The van der Waals surface area contributed by atoms with Gasteiger partial charge < -0.3 is 15.0 Å². The van der Waals surface area contributed by atoms with Gasteiger partial charge in [0.15, 0.2) is 0 Å². The zero-order valence-electron chi connectivity index (χ0n) is 16.4. The van der Waals surface area contributed by atoms with E-state index in [1.807, 2.05) is 63.2 Å². The maximum Gasteiger partial charge on any atom is 0.225 e. The van der Waals surface area contributed by atoms with Crippen LogP contribution in [0.25, 0.3) is 0 Å². The molecule has 1 saturated heterocycles. The minimum absolute atomic E-state index is 0.134. The van der Waals surface area contributed by atoms with E-state index in [-0.39, 0.29) is 6.10 Å². The molecule has 0 aliphatic carbocycles. The fourth-order valence-corrected chi connectivity index (χ4v) is 3.30. The van der Waals surface area contributed by atoms with Gasteiger partial charge in [0.2, 0.25) is 5.95 Å². The first-order valence-electron chi connectivity index (χ1n) is 9.43. The Morgan fingerprint density at radius 2 is 1.61 bits per heavy atom. The highest BCUT2D eigenvalue weighted by atomic mass is 16.5. The highest BCUT2D eigenvalue weighted by Gasteiger charge is 2.25. The molecule has 1 aliphatic heterocycles. The van der Waals surface area contributed by atoms with Gasteiger partial charge in [-0.3, -0.25) is 0 Å². The van der Waals surface area contributed by atoms with Crippen molar-refractivity contribution in [3.63, 3.8) is 0 Å². The van der Waals surface area contributed by atoms with Crippen molar-refractivity contribution < 1.29 is 4.74 Å². The Hall–Kier alpha value is -3.06. The van der Waals surface area contributed by atoms with E-state index in [0.29, 0.717) is 13.2 Å². The van der Waals surface area contributed by atoms with Crippen molar-refractivity contribution in [2.24, 2.45) is 0 Å².